The molecule has 6 nitrogen and oxygen atoms in total. The van der Waals surface area contributed by atoms with Gasteiger partial charge < -0.3 is 4.90 Å². The van der Waals surface area contributed by atoms with Crippen LogP contribution in [0.15, 0.2) is 23.1 Å². The number of amides is 1. The average Bonchev–Trinajstić information content (AvgIpc) is 2.43. The van der Waals surface area contributed by atoms with E-state index in [1.54, 1.807) is 0 Å². The van der Waals surface area contributed by atoms with Crippen molar-refractivity contribution in [2.45, 2.75) is 4.90 Å². The maximum Gasteiger partial charge on any atom is 0.299 e. The number of nitrogens with zero attached hydrogens (tertiary/aromatic N) is 1. The van der Waals surface area contributed by atoms with Gasteiger partial charge in [0.25, 0.3) is 21.8 Å². The van der Waals surface area contributed by atoms with E-state index in [4.69, 9.17) is 4.55 Å². The standard InChI is InChI=1S/C9H7NO5S/c1-10-7-3-2-5(16(13,14)15)4-6(7)8(11)9(10)12/h2-4H,1H3,(H,13,14,15). The molecule has 0 saturated heterocycles. The molecule has 0 aromatic heterocycles. The van der Waals surface area contributed by atoms with Gasteiger partial charge in [0.05, 0.1) is 16.1 Å². The summed E-state index contributed by atoms with van der Waals surface area (Å²) in [6.07, 6.45) is 0. The zero-order valence-electron chi connectivity index (χ0n) is 8.17. The highest BCUT2D eigenvalue weighted by Gasteiger charge is 2.34. The van der Waals surface area contributed by atoms with Crippen molar-refractivity contribution in [3.05, 3.63) is 23.8 Å². The Labute approximate surface area is 91.2 Å². The number of carbonyl (C=O) groups excluding carboxylic acids is 2. The Hall–Kier alpha value is -1.73. The fraction of sp³-hybridized carbons (Fsp3) is 0.111. The highest BCUT2D eigenvalue weighted by Crippen LogP contribution is 2.29. The van der Waals surface area contributed by atoms with Crippen LogP contribution in [-0.4, -0.2) is 31.7 Å². The lowest BCUT2D eigenvalue weighted by molar-refractivity contribution is -0.114. The first-order valence-corrected chi connectivity index (χ1v) is 5.70. The van der Waals surface area contributed by atoms with Crippen LogP contribution in [0.5, 0.6) is 0 Å². The predicted octanol–water partition coefficient (Wildman–Crippen LogP) is 0.0924. The van der Waals surface area contributed by atoms with Crippen LogP contribution in [0.1, 0.15) is 10.4 Å². The number of anilines is 1. The fourth-order valence-electron chi connectivity index (χ4n) is 1.53. The molecule has 2 rings (SSSR count). The summed E-state index contributed by atoms with van der Waals surface area (Å²) in [4.78, 5) is 23.4. The molecule has 0 radical (unpaired) electrons. The van der Waals surface area contributed by atoms with Crippen molar-refractivity contribution in [2.75, 3.05) is 11.9 Å². The first-order valence-electron chi connectivity index (χ1n) is 4.26. The minimum absolute atomic E-state index is 0.0115. The van der Waals surface area contributed by atoms with E-state index in [0.717, 1.165) is 17.0 Å². The summed E-state index contributed by atoms with van der Waals surface area (Å²) < 4.78 is 30.5. The zero-order chi connectivity index (χ0) is 12.1. The average molecular weight is 241 g/mol. The summed E-state index contributed by atoms with van der Waals surface area (Å²) >= 11 is 0. The van der Waals surface area contributed by atoms with Crippen LogP contribution in [0, 0.1) is 0 Å². The molecule has 7 heteroatoms. The van der Waals surface area contributed by atoms with E-state index in [0.29, 0.717) is 5.69 Å². The lowest BCUT2D eigenvalue weighted by Gasteiger charge is -2.08. The Morgan fingerprint density at radius 1 is 1.25 bits per heavy atom. The van der Waals surface area contributed by atoms with Gasteiger partial charge in [-0.3, -0.25) is 14.1 Å². The monoisotopic (exact) mass is 241 g/mol. The molecule has 0 bridgehead atoms. The Morgan fingerprint density at radius 3 is 2.44 bits per heavy atom. The smallest absolute Gasteiger partial charge is 0.299 e. The van der Waals surface area contributed by atoms with E-state index in [-0.39, 0.29) is 5.56 Å². The molecule has 0 aliphatic carbocycles. The molecule has 1 amide bonds. The third-order valence-corrected chi connectivity index (χ3v) is 3.22. The highest BCUT2D eigenvalue weighted by molar-refractivity contribution is 7.85. The lowest BCUT2D eigenvalue weighted by Crippen LogP contribution is -2.24. The van der Waals surface area contributed by atoms with Crippen LogP contribution in [0.25, 0.3) is 0 Å². The molecular weight excluding hydrogens is 234 g/mol. The summed E-state index contributed by atoms with van der Waals surface area (Å²) in [6.45, 7) is 0. The van der Waals surface area contributed by atoms with Crippen LogP contribution < -0.4 is 4.90 Å². The molecule has 0 spiro atoms. The van der Waals surface area contributed by atoms with Crippen LogP contribution in [0.2, 0.25) is 0 Å². The van der Waals surface area contributed by atoms with Crippen molar-refractivity contribution in [1.82, 2.24) is 0 Å². The van der Waals surface area contributed by atoms with E-state index in [1.807, 2.05) is 0 Å². The molecule has 1 aliphatic rings. The first-order chi connectivity index (χ1) is 7.32. The third kappa shape index (κ3) is 1.41. The molecule has 1 aliphatic heterocycles. The van der Waals surface area contributed by atoms with Gasteiger partial charge in [-0.05, 0) is 18.2 Å². The van der Waals surface area contributed by atoms with Gasteiger partial charge in [0.15, 0.2) is 0 Å². The van der Waals surface area contributed by atoms with E-state index < -0.39 is 26.7 Å². The number of rotatable bonds is 1. The minimum atomic E-state index is -4.36. The van der Waals surface area contributed by atoms with Crippen LogP contribution in [0.3, 0.4) is 0 Å². The van der Waals surface area contributed by atoms with Crippen molar-refractivity contribution >= 4 is 27.5 Å². The second-order valence-electron chi connectivity index (χ2n) is 3.35. The van der Waals surface area contributed by atoms with E-state index in [2.05, 4.69) is 0 Å². The molecular formula is C9H7NO5S. The van der Waals surface area contributed by atoms with Gasteiger partial charge in [0.2, 0.25) is 0 Å². The van der Waals surface area contributed by atoms with Crippen molar-refractivity contribution in [1.29, 1.82) is 0 Å². The van der Waals surface area contributed by atoms with Gasteiger partial charge in [-0.15, -0.1) is 0 Å². The molecule has 0 atom stereocenters. The Morgan fingerprint density at radius 2 is 1.88 bits per heavy atom. The van der Waals surface area contributed by atoms with Gasteiger partial charge >= 0.3 is 0 Å². The summed E-state index contributed by atoms with van der Waals surface area (Å²) in [5.74, 6) is -1.49. The third-order valence-electron chi connectivity index (χ3n) is 2.37. The number of ketones is 1. The number of carbonyl (C=O) groups is 2. The molecule has 1 N–H and O–H groups in total. The largest absolute Gasteiger partial charge is 0.308 e. The van der Waals surface area contributed by atoms with Gasteiger partial charge in [0.1, 0.15) is 0 Å². The molecule has 0 fully saturated rings. The number of hydrogen-bond acceptors (Lipinski definition) is 4. The SMILES string of the molecule is CN1C(=O)C(=O)c2cc(S(=O)(=O)O)ccc21. The second-order valence-corrected chi connectivity index (χ2v) is 4.77. The fourth-order valence-corrected chi connectivity index (χ4v) is 2.03. The maximum atomic E-state index is 11.4. The zero-order valence-corrected chi connectivity index (χ0v) is 8.98. The molecule has 16 heavy (non-hydrogen) atoms. The topological polar surface area (TPSA) is 91.8 Å². The molecule has 84 valence electrons. The Kier molecular flexibility index (Phi) is 2.11. The molecule has 1 heterocycles. The van der Waals surface area contributed by atoms with Crippen molar-refractivity contribution in [2.24, 2.45) is 0 Å². The number of likely N-dealkylation sites (N-methyl/N-ethyl adjacent to an activating group) is 1. The summed E-state index contributed by atoms with van der Waals surface area (Å²) in [5, 5.41) is 0. The molecule has 0 saturated carbocycles. The van der Waals surface area contributed by atoms with Gasteiger partial charge in [-0.2, -0.15) is 8.42 Å². The van der Waals surface area contributed by atoms with Gasteiger partial charge in [-0.25, -0.2) is 0 Å². The van der Waals surface area contributed by atoms with Crippen molar-refractivity contribution in [3.63, 3.8) is 0 Å². The number of hydrogen-bond donors (Lipinski definition) is 1. The number of fused-ring (bicyclic) bond motifs is 1. The molecule has 1 aromatic carbocycles. The maximum absolute atomic E-state index is 11.4. The quantitative estimate of drug-likeness (QED) is 0.555. The molecule has 0 unspecified atom stereocenters. The summed E-state index contributed by atoms with van der Waals surface area (Å²) in [7, 11) is -2.95. The minimum Gasteiger partial charge on any atom is -0.308 e. The summed E-state index contributed by atoms with van der Waals surface area (Å²) in [5.41, 5.74) is 0.324. The second kappa shape index (κ2) is 3.13. The van der Waals surface area contributed by atoms with Gasteiger partial charge in [0, 0.05) is 7.05 Å². The van der Waals surface area contributed by atoms with Crippen molar-refractivity contribution in [3.8, 4) is 0 Å². The number of Topliss-reactive ketones (excluding diaryl/α,β-unsaturated/α-hetero) is 1. The van der Waals surface area contributed by atoms with Crippen molar-refractivity contribution < 1.29 is 22.6 Å². The normalized spacial score (nSPS) is 15.5. The van der Waals surface area contributed by atoms with Crippen LogP contribution >= 0.6 is 0 Å². The first kappa shape index (κ1) is 10.8. The van der Waals surface area contributed by atoms with E-state index >= 15 is 0 Å². The summed E-state index contributed by atoms with van der Waals surface area (Å²) in [6, 6.07) is 3.44. The number of benzene rings is 1. The lowest BCUT2D eigenvalue weighted by atomic mass is 10.1. The highest BCUT2D eigenvalue weighted by atomic mass is 32.2. The van der Waals surface area contributed by atoms with Crippen LogP contribution in [0.4, 0.5) is 5.69 Å². The molecule has 1 aromatic rings. The van der Waals surface area contributed by atoms with Gasteiger partial charge in [-0.1, -0.05) is 0 Å². The Bertz CT molecular complexity index is 604. The predicted molar refractivity (Wildman–Crippen MR) is 54.0 cm³/mol. The Balaban J connectivity index is 2.67. The van der Waals surface area contributed by atoms with E-state index in [9.17, 15) is 18.0 Å². The van der Waals surface area contributed by atoms with Crippen LogP contribution in [-0.2, 0) is 14.9 Å². The van der Waals surface area contributed by atoms with E-state index in [1.165, 1.54) is 13.1 Å².